The standard InChI is InChI=1S/C18H31F/c1-3-5-7-9-10-11-13-15-17-18(19)16-14-12-8-6-4-2/h16H,3-11,13,15,17H2,1-2H3/b18-16-. The first-order valence-electron chi connectivity index (χ1n) is 8.14. The van der Waals surface area contributed by atoms with Gasteiger partial charge in [-0.3, -0.25) is 0 Å². The van der Waals surface area contributed by atoms with E-state index in [1.807, 2.05) is 0 Å². The molecule has 110 valence electrons. The second kappa shape index (κ2) is 15.3. The predicted octanol–water partition coefficient (Wildman–Crippen LogP) is 6.56. The highest BCUT2D eigenvalue weighted by Gasteiger charge is 1.95. The molecule has 0 rings (SSSR count). The molecule has 0 aromatic carbocycles. The van der Waals surface area contributed by atoms with E-state index >= 15 is 0 Å². The number of halogens is 1. The lowest BCUT2D eigenvalue weighted by Crippen LogP contribution is -1.81. The number of unbranched alkanes of at least 4 members (excludes halogenated alkanes) is 9. The molecule has 0 unspecified atom stereocenters. The molecule has 1 heteroatoms. The van der Waals surface area contributed by atoms with Crippen molar-refractivity contribution < 1.29 is 4.39 Å². The summed E-state index contributed by atoms with van der Waals surface area (Å²) in [6, 6.07) is 0. The van der Waals surface area contributed by atoms with Gasteiger partial charge in [-0.05, 0) is 19.3 Å². The first-order chi connectivity index (χ1) is 9.31. The Morgan fingerprint density at radius 2 is 1.42 bits per heavy atom. The van der Waals surface area contributed by atoms with Crippen molar-refractivity contribution in [3.8, 4) is 11.8 Å². The first kappa shape index (κ1) is 18.2. The van der Waals surface area contributed by atoms with Crippen LogP contribution in [0.25, 0.3) is 0 Å². The SMILES string of the molecule is CCCCC#C/C=C(\F)CCCCCCCCCC. The summed E-state index contributed by atoms with van der Waals surface area (Å²) in [7, 11) is 0. The topological polar surface area (TPSA) is 0 Å². The van der Waals surface area contributed by atoms with Gasteiger partial charge in [-0.1, -0.05) is 77.1 Å². The third kappa shape index (κ3) is 15.2. The maximum atomic E-state index is 13.3. The van der Waals surface area contributed by atoms with Gasteiger partial charge < -0.3 is 0 Å². The van der Waals surface area contributed by atoms with Crippen LogP contribution >= 0.6 is 0 Å². The van der Waals surface area contributed by atoms with Crippen molar-refractivity contribution in [1.29, 1.82) is 0 Å². The molecule has 0 heterocycles. The van der Waals surface area contributed by atoms with Crippen LogP contribution in [0.15, 0.2) is 11.9 Å². The third-order valence-electron chi connectivity index (χ3n) is 3.26. The molecule has 0 bridgehead atoms. The van der Waals surface area contributed by atoms with E-state index in [2.05, 4.69) is 25.7 Å². The summed E-state index contributed by atoms with van der Waals surface area (Å²) < 4.78 is 13.3. The highest BCUT2D eigenvalue weighted by molar-refractivity contribution is 5.17. The quantitative estimate of drug-likeness (QED) is 0.293. The van der Waals surface area contributed by atoms with Crippen LogP contribution in [0.3, 0.4) is 0 Å². The van der Waals surface area contributed by atoms with Crippen LogP contribution in [0.4, 0.5) is 4.39 Å². The fourth-order valence-corrected chi connectivity index (χ4v) is 1.97. The Hall–Kier alpha value is -0.770. The van der Waals surface area contributed by atoms with E-state index in [9.17, 15) is 4.39 Å². The molecule has 0 amide bonds. The van der Waals surface area contributed by atoms with Crippen molar-refractivity contribution in [2.45, 2.75) is 90.9 Å². The third-order valence-corrected chi connectivity index (χ3v) is 3.26. The van der Waals surface area contributed by atoms with Gasteiger partial charge in [-0.2, -0.15) is 0 Å². The largest absolute Gasteiger partial charge is 0.211 e. The minimum Gasteiger partial charge on any atom is -0.211 e. The van der Waals surface area contributed by atoms with Crippen molar-refractivity contribution in [1.82, 2.24) is 0 Å². The normalized spacial score (nSPS) is 11.2. The van der Waals surface area contributed by atoms with Crippen molar-refractivity contribution in [2.75, 3.05) is 0 Å². The maximum Gasteiger partial charge on any atom is 0.108 e. The van der Waals surface area contributed by atoms with Crippen molar-refractivity contribution in [3.63, 3.8) is 0 Å². The van der Waals surface area contributed by atoms with Gasteiger partial charge in [0.1, 0.15) is 5.83 Å². The molecule has 0 aromatic rings. The van der Waals surface area contributed by atoms with E-state index in [0.717, 1.165) is 32.1 Å². The highest BCUT2D eigenvalue weighted by atomic mass is 19.1. The molecule has 0 aromatic heterocycles. The summed E-state index contributed by atoms with van der Waals surface area (Å²) in [5, 5.41) is 0. The van der Waals surface area contributed by atoms with Crippen molar-refractivity contribution in [2.24, 2.45) is 0 Å². The molecule has 0 aliphatic rings. The van der Waals surface area contributed by atoms with Crippen molar-refractivity contribution in [3.05, 3.63) is 11.9 Å². The average molecular weight is 266 g/mol. The summed E-state index contributed by atoms with van der Waals surface area (Å²) in [4.78, 5) is 0. The second-order valence-electron chi connectivity index (χ2n) is 5.24. The average Bonchev–Trinajstić information content (AvgIpc) is 2.41. The predicted molar refractivity (Wildman–Crippen MR) is 83.7 cm³/mol. The fourth-order valence-electron chi connectivity index (χ4n) is 1.97. The van der Waals surface area contributed by atoms with Gasteiger partial charge in [0.2, 0.25) is 0 Å². The molecule has 0 aliphatic carbocycles. The van der Waals surface area contributed by atoms with Gasteiger partial charge in [0.25, 0.3) is 0 Å². The molecular weight excluding hydrogens is 235 g/mol. The first-order valence-corrected chi connectivity index (χ1v) is 8.14. The van der Waals surface area contributed by atoms with Gasteiger partial charge >= 0.3 is 0 Å². The summed E-state index contributed by atoms with van der Waals surface area (Å²) in [5.74, 6) is 5.74. The molecular formula is C18H31F. The zero-order chi connectivity index (χ0) is 14.2. The lowest BCUT2D eigenvalue weighted by Gasteiger charge is -2.00. The van der Waals surface area contributed by atoms with E-state index in [-0.39, 0.29) is 5.83 Å². The molecule has 0 atom stereocenters. The lowest BCUT2D eigenvalue weighted by atomic mass is 10.1. The van der Waals surface area contributed by atoms with E-state index in [1.165, 1.54) is 44.6 Å². The Labute approximate surface area is 119 Å². The number of hydrogen-bond donors (Lipinski definition) is 0. The lowest BCUT2D eigenvalue weighted by molar-refractivity contribution is 0.535. The molecule has 0 saturated carbocycles. The Balaban J connectivity index is 3.38. The minimum absolute atomic E-state index is 0.0463. The van der Waals surface area contributed by atoms with Crippen LogP contribution in [0.1, 0.15) is 90.9 Å². The fraction of sp³-hybridized carbons (Fsp3) is 0.778. The molecule has 0 saturated heterocycles. The molecule has 0 radical (unpaired) electrons. The molecule has 19 heavy (non-hydrogen) atoms. The summed E-state index contributed by atoms with van der Waals surface area (Å²) in [5.41, 5.74) is 0. The molecule has 0 aliphatic heterocycles. The van der Waals surface area contributed by atoms with Crippen LogP contribution in [0.5, 0.6) is 0 Å². The van der Waals surface area contributed by atoms with E-state index in [4.69, 9.17) is 0 Å². The smallest absolute Gasteiger partial charge is 0.108 e. The minimum atomic E-state index is -0.0463. The zero-order valence-corrected chi connectivity index (χ0v) is 12.9. The van der Waals surface area contributed by atoms with E-state index < -0.39 is 0 Å². The molecule has 0 nitrogen and oxygen atoms in total. The molecule has 0 N–H and O–H groups in total. The summed E-state index contributed by atoms with van der Waals surface area (Å²) in [6.45, 7) is 4.38. The van der Waals surface area contributed by atoms with Gasteiger partial charge in [0.15, 0.2) is 0 Å². The Kier molecular flexibility index (Phi) is 14.7. The van der Waals surface area contributed by atoms with Gasteiger partial charge in [0.05, 0.1) is 0 Å². The Morgan fingerprint density at radius 3 is 2.05 bits per heavy atom. The Bertz CT molecular complexity index is 267. The van der Waals surface area contributed by atoms with Crippen LogP contribution in [-0.2, 0) is 0 Å². The van der Waals surface area contributed by atoms with Gasteiger partial charge in [-0.15, -0.1) is 0 Å². The van der Waals surface area contributed by atoms with Gasteiger partial charge in [-0.25, -0.2) is 4.39 Å². The number of rotatable bonds is 11. The van der Waals surface area contributed by atoms with Crippen LogP contribution in [0, 0.1) is 11.8 Å². The van der Waals surface area contributed by atoms with E-state index in [0.29, 0.717) is 6.42 Å². The van der Waals surface area contributed by atoms with E-state index in [1.54, 1.807) is 0 Å². The summed E-state index contributed by atoms with van der Waals surface area (Å²) >= 11 is 0. The monoisotopic (exact) mass is 266 g/mol. The van der Waals surface area contributed by atoms with Crippen LogP contribution in [-0.4, -0.2) is 0 Å². The van der Waals surface area contributed by atoms with Crippen LogP contribution in [0.2, 0.25) is 0 Å². The second-order valence-corrected chi connectivity index (χ2v) is 5.24. The zero-order valence-electron chi connectivity index (χ0n) is 12.9. The summed E-state index contributed by atoms with van der Waals surface area (Å²) in [6.07, 6.45) is 15.2. The number of allylic oxidation sites excluding steroid dienone is 2. The van der Waals surface area contributed by atoms with Gasteiger partial charge in [0, 0.05) is 12.5 Å². The number of hydrogen-bond acceptors (Lipinski definition) is 0. The molecule has 0 spiro atoms. The Morgan fingerprint density at radius 1 is 0.842 bits per heavy atom. The highest BCUT2D eigenvalue weighted by Crippen LogP contribution is 2.13. The van der Waals surface area contributed by atoms with Crippen LogP contribution < -0.4 is 0 Å². The molecule has 0 fully saturated rings. The van der Waals surface area contributed by atoms with Crippen molar-refractivity contribution >= 4 is 0 Å². The maximum absolute atomic E-state index is 13.3.